The van der Waals surface area contributed by atoms with Gasteiger partial charge in [0.15, 0.2) is 0 Å². The van der Waals surface area contributed by atoms with Crippen LogP contribution in [-0.2, 0) is 9.59 Å². The third-order valence-corrected chi connectivity index (χ3v) is 3.38. The molecule has 2 atom stereocenters. The van der Waals surface area contributed by atoms with E-state index in [0.29, 0.717) is 6.42 Å². The molecule has 0 aliphatic rings. The van der Waals surface area contributed by atoms with Crippen LogP contribution in [0, 0.1) is 5.92 Å². The molecule has 132 valence electrons. The number of carbonyl (C=O) groups excluding carboxylic acids is 2. The smallest absolute Gasteiger partial charge is 0.405 e. The minimum atomic E-state index is -4.83. The van der Waals surface area contributed by atoms with E-state index in [-0.39, 0.29) is 11.5 Å². The highest BCUT2D eigenvalue weighted by molar-refractivity contribution is 5.95. The molecule has 0 saturated carbocycles. The van der Waals surface area contributed by atoms with Gasteiger partial charge in [-0.2, -0.15) is 0 Å². The molecule has 0 heterocycles. The molecule has 3 N–H and O–H groups in total. The van der Waals surface area contributed by atoms with Gasteiger partial charge in [-0.3, -0.25) is 9.59 Å². The lowest BCUT2D eigenvalue weighted by atomic mass is 9.98. The van der Waals surface area contributed by atoms with Gasteiger partial charge in [-0.05, 0) is 18.1 Å². The average molecular weight is 344 g/mol. The normalized spacial score (nSPS) is 14.2. The molecule has 0 aliphatic carbocycles. The van der Waals surface area contributed by atoms with Gasteiger partial charge in [0.05, 0.1) is 0 Å². The van der Waals surface area contributed by atoms with Gasteiger partial charge in [-0.1, -0.05) is 38.5 Å². The van der Waals surface area contributed by atoms with Crippen molar-refractivity contribution in [2.75, 3.05) is 0 Å². The number of primary amides is 1. The summed E-state index contributed by atoms with van der Waals surface area (Å²) in [5.74, 6) is -1.91. The molecular formula is C16H19F3N2O3. The van der Waals surface area contributed by atoms with Crippen molar-refractivity contribution in [3.8, 4) is 5.75 Å². The van der Waals surface area contributed by atoms with Gasteiger partial charge in [-0.25, -0.2) is 0 Å². The summed E-state index contributed by atoms with van der Waals surface area (Å²) in [5.41, 5.74) is 5.31. The minimum absolute atomic E-state index is 0.0733. The number of halogens is 3. The van der Waals surface area contributed by atoms with Gasteiger partial charge < -0.3 is 15.8 Å². The third-order valence-electron chi connectivity index (χ3n) is 3.38. The van der Waals surface area contributed by atoms with E-state index in [2.05, 4.69) is 10.1 Å². The Bertz CT molecular complexity index is 615. The van der Waals surface area contributed by atoms with E-state index in [1.165, 1.54) is 24.3 Å². The van der Waals surface area contributed by atoms with E-state index in [1.807, 2.05) is 6.92 Å². The Kier molecular flexibility index (Phi) is 6.82. The van der Waals surface area contributed by atoms with Crippen molar-refractivity contribution in [1.82, 2.24) is 5.32 Å². The van der Waals surface area contributed by atoms with Crippen molar-refractivity contribution in [1.29, 1.82) is 0 Å². The summed E-state index contributed by atoms with van der Waals surface area (Å²) in [5, 5.41) is 2.44. The fourth-order valence-corrected chi connectivity index (χ4v) is 1.93. The van der Waals surface area contributed by atoms with Crippen molar-refractivity contribution in [3.63, 3.8) is 0 Å². The Hall–Kier alpha value is -2.51. The quantitative estimate of drug-likeness (QED) is 0.746. The van der Waals surface area contributed by atoms with Gasteiger partial charge in [0, 0.05) is 11.6 Å². The molecule has 2 amide bonds. The molecule has 8 heteroatoms. The van der Waals surface area contributed by atoms with E-state index in [1.54, 1.807) is 6.92 Å². The summed E-state index contributed by atoms with van der Waals surface area (Å²) < 4.78 is 40.9. The van der Waals surface area contributed by atoms with Crippen LogP contribution in [0.15, 0.2) is 30.3 Å². The zero-order valence-electron chi connectivity index (χ0n) is 13.3. The number of rotatable bonds is 7. The van der Waals surface area contributed by atoms with Crippen LogP contribution in [-0.4, -0.2) is 24.2 Å². The van der Waals surface area contributed by atoms with E-state index in [4.69, 9.17) is 5.73 Å². The predicted molar refractivity (Wildman–Crippen MR) is 82.7 cm³/mol. The summed E-state index contributed by atoms with van der Waals surface area (Å²) in [6.45, 7) is 3.60. The summed E-state index contributed by atoms with van der Waals surface area (Å²) >= 11 is 0. The standard InChI is InChI=1S/C16H19F3N2O3/c1-3-10(2)14(15(20)23)21-13(22)9-8-11-6-4-5-7-12(11)24-16(17,18)19/h4-10,14H,3H2,1-2H3,(H2,20,23)(H,21,22). The van der Waals surface area contributed by atoms with Crippen molar-refractivity contribution in [2.45, 2.75) is 32.7 Å². The fourth-order valence-electron chi connectivity index (χ4n) is 1.93. The molecule has 0 aromatic heterocycles. The Labute approximate surface area is 137 Å². The van der Waals surface area contributed by atoms with Crippen LogP contribution in [0.5, 0.6) is 5.75 Å². The van der Waals surface area contributed by atoms with Crippen LogP contribution in [0.3, 0.4) is 0 Å². The van der Waals surface area contributed by atoms with Crippen LogP contribution in [0.1, 0.15) is 25.8 Å². The van der Waals surface area contributed by atoms with Crippen LogP contribution in [0.2, 0.25) is 0 Å². The van der Waals surface area contributed by atoms with Crippen LogP contribution in [0.4, 0.5) is 13.2 Å². The highest BCUT2D eigenvalue weighted by Crippen LogP contribution is 2.26. The summed E-state index contributed by atoms with van der Waals surface area (Å²) in [6, 6.07) is 4.53. The molecule has 5 nitrogen and oxygen atoms in total. The minimum Gasteiger partial charge on any atom is -0.405 e. The molecule has 1 rings (SSSR count). The highest BCUT2D eigenvalue weighted by Gasteiger charge is 2.31. The van der Waals surface area contributed by atoms with E-state index < -0.39 is 30.0 Å². The van der Waals surface area contributed by atoms with Crippen LogP contribution < -0.4 is 15.8 Å². The molecular weight excluding hydrogens is 325 g/mol. The Morgan fingerprint density at radius 3 is 2.50 bits per heavy atom. The van der Waals surface area contributed by atoms with Crippen molar-refractivity contribution in [2.24, 2.45) is 11.7 Å². The Morgan fingerprint density at radius 2 is 1.96 bits per heavy atom. The lowest BCUT2D eigenvalue weighted by Crippen LogP contribution is -2.47. The van der Waals surface area contributed by atoms with Crippen LogP contribution in [0.25, 0.3) is 6.08 Å². The third kappa shape index (κ3) is 6.31. The molecule has 0 radical (unpaired) electrons. The monoisotopic (exact) mass is 344 g/mol. The maximum absolute atomic E-state index is 12.3. The summed E-state index contributed by atoms with van der Waals surface area (Å²) in [7, 11) is 0. The lowest BCUT2D eigenvalue weighted by Gasteiger charge is -2.20. The summed E-state index contributed by atoms with van der Waals surface area (Å²) in [6.07, 6.45) is -2.01. The number of nitrogens with one attached hydrogen (secondary N) is 1. The zero-order chi connectivity index (χ0) is 18.3. The average Bonchev–Trinajstić information content (AvgIpc) is 2.49. The van der Waals surface area contributed by atoms with E-state index in [9.17, 15) is 22.8 Å². The number of alkyl halides is 3. The van der Waals surface area contributed by atoms with Crippen LogP contribution >= 0.6 is 0 Å². The number of hydrogen-bond donors (Lipinski definition) is 2. The molecule has 24 heavy (non-hydrogen) atoms. The molecule has 0 fully saturated rings. The molecule has 1 aromatic rings. The number of benzene rings is 1. The molecule has 2 unspecified atom stereocenters. The van der Waals surface area contributed by atoms with Gasteiger partial charge in [0.25, 0.3) is 0 Å². The Balaban J connectivity index is 2.85. The molecule has 0 aliphatic heterocycles. The second kappa shape index (κ2) is 8.37. The number of hydrogen-bond acceptors (Lipinski definition) is 3. The van der Waals surface area contributed by atoms with Gasteiger partial charge in [0.2, 0.25) is 11.8 Å². The van der Waals surface area contributed by atoms with Gasteiger partial charge in [-0.15, -0.1) is 13.2 Å². The largest absolute Gasteiger partial charge is 0.573 e. The number of carbonyl (C=O) groups is 2. The number of ether oxygens (including phenoxy) is 1. The first-order chi connectivity index (χ1) is 11.1. The van der Waals surface area contributed by atoms with Crippen molar-refractivity contribution < 1.29 is 27.5 Å². The topological polar surface area (TPSA) is 81.4 Å². The SMILES string of the molecule is CCC(C)C(NC(=O)C=Cc1ccccc1OC(F)(F)F)C(N)=O. The fraction of sp³-hybridized carbons (Fsp3) is 0.375. The Morgan fingerprint density at radius 1 is 1.33 bits per heavy atom. The number of para-hydroxylation sites is 1. The van der Waals surface area contributed by atoms with E-state index in [0.717, 1.165) is 12.1 Å². The van der Waals surface area contributed by atoms with Crippen molar-refractivity contribution in [3.05, 3.63) is 35.9 Å². The second-order valence-corrected chi connectivity index (χ2v) is 5.19. The van der Waals surface area contributed by atoms with Crippen molar-refractivity contribution >= 4 is 17.9 Å². The first-order valence-corrected chi connectivity index (χ1v) is 7.26. The molecule has 0 bridgehead atoms. The first-order valence-electron chi connectivity index (χ1n) is 7.26. The second-order valence-electron chi connectivity index (χ2n) is 5.19. The molecule has 0 spiro atoms. The maximum Gasteiger partial charge on any atom is 0.573 e. The number of amides is 2. The lowest BCUT2D eigenvalue weighted by molar-refractivity contribution is -0.274. The van der Waals surface area contributed by atoms with Gasteiger partial charge >= 0.3 is 6.36 Å². The first kappa shape index (κ1) is 19.5. The predicted octanol–water partition coefficient (Wildman–Crippen LogP) is 2.61. The summed E-state index contributed by atoms with van der Waals surface area (Å²) in [4.78, 5) is 23.2. The zero-order valence-corrected chi connectivity index (χ0v) is 13.3. The highest BCUT2D eigenvalue weighted by atomic mass is 19.4. The maximum atomic E-state index is 12.3. The number of nitrogens with two attached hydrogens (primary N) is 1. The molecule has 0 saturated heterocycles. The molecule has 1 aromatic carbocycles. The van der Waals surface area contributed by atoms with E-state index >= 15 is 0 Å². The van der Waals surface area contributed by atoms with Gasteiger partial charge in [0.1, 0.15) is 11.8 Å².